The minimum Gasteiger partial charge on any atom is -0.325 e. The summed E-state index contributed by atoms with van der Waals surface area (Å²) in [6.45, 7) is 2.02. The number of anilines is 1. The van der Waals surface area contributed by atoms with Gasteiger partial charge in [-0.15, -0.1) is 6.42 Å². The first-order valence-electron chi connectivity index (χ1n) is 4.13. The van der Waals surface area contributed by atoms with E-state index in [-0.39, 0.29) is 12.3 Å². The molecule has 0 radical (unpaired) electrons. The van der Waals surface area contributed by atoms with Crippen LogP contribution in [0.3, 0.4) is 0 Å². The molecule has 0 heterocycles. The van der Waals surface area contributed by atoms with Crippen molar-refractivity contribution in [2.45, 2.75) is 13.3 Å². The lowest BCUT2D eigenvalue weighted by molar-refractivity contribution is -0.115. The number of aryl methyl sites for hydroxylation is 1. The van der Waals surface area contributed by atoms with E-state index in [4.69, 9.17) is 6.42 Å². The molecule has 2 nitrogen and oxygen atoms in total. The van der Waals surface area contributed by atoms with Crippen molar-refractivity contribution in [3.05, 3.63) is 27.3 Å². The summed E-state index contributed by atoms with van der Waals surface area (Å²) in [7, 11) is 0. The van der Waals surface area contributed by atoms with Crippen molar-refractivity contribution in [2.75, 3.05) is 5.32 Å². The van der Waals surface area contributed by atoms with Crippen molar-refractivity contribution in [3.8, 4) is 12.3 Å². The lowest BCUT2D eigenvalue weighted by atomic mass is 10.2. The summed E-state index contributed by atoms with van der Waals surface area (Å²) in [5, 5.41) is 2.72. The average Bonchev–Trinajstić information content (AvgIpc) is 2.12. The van der Waals surface area contributed by atoms with E-state index < -0.39 is 0 Å². The number of halogens is 1. The second-order valence-electron chi connectivity index (χ2n) is 2.89. The number of terminal acetylenes is 1. The second kappa shape index (κ2) is 5.01. The van der Waals surface area contributed by atoms with E-state index in [1.165, 1.54) is 5.56 Å². The van der Waals surface area contributed by atoms with Crippen molar-refractivity contribution >= 4 is 34.2 Å². The molecule has 0 saturated carbocycles. The van der Waals surface area contributed by atoms with Crippen molar-refractivity contribution in [1.29, 1.82) is 0 Å². The average molecular weight is 299 g/mol. The summed E-state index contributed by atoms with van der Waals surface area (Å²) in [4.78, 5) is 11.2. The maximum absolute atomic E-state index is 11.2. The smallest absolute Gasteiger partial charge is 0.236 e. The number of carbonyl (C=O) groups is 1. The third-order valence-electron chi connectivity index (χ3n) is 1.72. The lowest BCUT2D eigenvalue weighted by Crippen LogP contribution is -2.10. The normalized spacial score (nSPS) is 9.21. The molecular weight excluding hydrogens is 289 g/mol. The van der Waals surface area contributed by atoms with Gasteiger partial charge in [-0.25, -0.2) is 0 Å². The summed E-state index contributed by atoms with van der Waals surface area (Å²) >= 11 is 2.23. The number of amides is 1. The van der Waals surface area contributed by atoms with Crippen LogP contribution in [-0.2, 0) is 4.79 Å². The molecule has 0 unspecified atom stereocenters. The highest BCUT2D eigenvalue weighted by atomic mass is 127. The Bertz CT molecular complexity index is 393. The predicted octanol–water partition coefficient (Wildman–Crippen LogP) is 2.56. The topological polar surface area (TPSA) is 29.1 Å². The minimum absolute atomic E-state index is 0.116. The van der Waals surface area contributed by atoms with E-state index in [0.717, 1.165) is 9.26 Å². The molecule has 1 amide bonds. The summed E-state index contributed by atoms with van der Waals surface area (Å²) in [5.74, 6) is 2.15. The van der Waals surface area contributed by atoms with Gasteiger partial charge in [0.05, 0.1) is 6.42 Å². The lowest BCUT2D eigenvalue weighted by Gasteiger charge is -2.04. The van der Waals surface area contributed by atoms with Crippen molar-refractivity contribution in [1.82, 2.24) is 0 Å². The monoisotopic (exact) mass is 299 g/mol. The number of nitrogens with one attached hydrogen (secondary N) is 1. The Morgan fingerprint density at radius 3 is 2.93 bits per heavy atom. The van der Waals surface area contributed by atoms with Crippen LogP contribution < -0.4 is 5.32 Å². The fourth-order valence-electron chi connectivity index (χ4n) is 0.968. The van der Waals surface area contributed by atoms with Crippen LogP contribution in [0.2, 0.25) is 0 Å². The molecule has 0 atom stereocenters. The molecule has 1 aromatic carbocycles. The van der Waals surface area contributed by atoms with Gasteiger partial charge in [-0.2, -0.15) is 0 Å². The highest BCUT2D eigenvalue weighted by Crippen LogP contribution is 2.16. The molecule has 0 spiro atoms. The third kappa shape index (κ3) is 3.04. The van der Waals surface area contributed by atoms with E-state index in [2.05, 4.69) is 33.8 Å². The summed E-state index contributed by atoms with van der Waals surface area (Å²) < 4.78 is 1.13. The molecule has 3 heteroatoms. The number of carbonyl (C=O) groups excluding carboxylic acids is 1. The quantitative estimate of drug-likeness (QED) is 0.660. The number of rotatable bonds is 2. The van der Waals surface area contributed by atoms with Crippen LogP contribution in [0.15, 0.2) is 18.2 Å². The van der Waals surface area contributed by atoms with Gasteiger partial charge in [0, 0.05) is 9.26 Å². The van der Waals surface area contributed by atoms with Gasteiger partial charge < -0.3 is 5.32 Å². The van der Waals surface area contributed by atoms with Crippen LogP contribution in [0.5, 0.6) is 0 Å². The Balaban J connectivity index is 2.74. The Morgan fingerprint density at radius 1 is 1.64 bits per heavy atom. The molecule has 0 aliphatic rings. The highest BCUT2D eigenvalue weighted by molar-refractivity contribution is 14.1. The highest BCUT2D eigenvalue weighted by Gasteiger charge is 2.01. The van der Waals surface area contributed by atoms with Crippen molar-refractivity contribution < 1.29 is 4.79 Å². The Morgan fingerprint density at radius 2 is 2.36 bits per heavy atom. The number of hydrogen-bond donors (Lipinski definition) is 1. The standard InChI is InChI=1S/C11H10INO/c1-3-4-11(14)13-9-6-5-8(2)10(12)7-9/h1,5-7H,4H2,2H3,(H,13,14). The summed E-state index contributed by atoms with van der Waals surface area (Å²) in [6.07, 6.45) is 5.14. The summed E-state index contributed by atoms with van der Waals surface area (Å²) in [5.41, 5.74) is 1.99. The zero-order valence-corrected chi connectivity index (χ0v) is 9.96. The molecule has 0 fully saturated rings. The maximum atomic E-state index is 11.2. The van der Waals surface area contributed by atoms with E-state index in [0.29, 0.717) is 0 Å². The first-order chi connectivity index (χ1) is 6.63. The van der Waals surface area contributed by atoms with Crippen LogP contribution in [0.1, 0.15) is 12.0 Å². The van der Waals surface area contributed by atoms with Crippen LogP contribution in [0.25, 0.3) is 0 Å². The zero-order chi connectivity index (χ0) is 10.6. The van der Waals surface area contributed by atoms with Crippen LogP contribution in [0, 0.1) is 22.8 Å². The van der Waals surface area contributed by atoms with Crippen LogP contribution >= 0.6 is 22.6 Å². The molecule has 0 aromatic heterocycles. The molecule has 0 bridgehead atoms. The van der Waals surface area contributed by atoms with E-state index >= 15 is 0 Å². The van der Waals surface area contributed by atoms with Gasteiger partial charge in [-0.1, -0.05) is 12.0 Å². The van der Waals surface area contributed by atoms with Crippen LogP contribution in [0.4, 0.5) is 5.69 Å². The first-order valence-corrected chi connectivity index (χ1v) is 5.21. The van der Waals surface area contributed by atoms with Crippen molar-refractivity contribution in [2.24, 2.45) is 0 Å². The predicted molar refractivity (Wildman–Crippen MR) is 66.0 cm³/mol. The molecule has 0 aliphatic heterocycles. The molecule has 72 valence electrons. The molecular formula is C11H10INO. The summed E-state index contributed by atoms with van der Waals surface area (Å²) in [6, 6.07) is 5.75. The molecule has 0 aliphatic carbocycles. The van der Waals surface area contributed by atoms with E-state index in [1.807, 2.05) is 25.1 Å². The minimum atomic E-state index is -0.146. The molecule has 1 N–H and O–H groups in total. The van der Waals surface area contributed by atoms with E-state index in [1.54, 1.807) is 0 Å². The van der Waals surface area contributed by atoms with Crippen molar-refractivity contribution in [3.63, 3.8) is 0 Å². The molecule has 0 saturated heterocycles. The van der Waals surface area contributed by atoms with Gasteiger partial charge in [0.25, 0.3) is 0 Å². The maximum Gasteiger partial charge on any atom is 0.236 e. The van der Waals surface area contributed by atoms with Gasteiger partial charge in [0.15, 0.2) is 0 Å². The van der Waals surface area contributed by atoms with Gasteiger partial charge >= 0.3 is 0 Å². The number of hydrogen-bond acceptors (Lipinski definition) is 1. The van der Waals surface area contributed by atoms with Gasteiger partial charge in [0.1, 0.15) is 0 Å². The first kappa shape index (κ1) is 11.1. The Kier molecular flexibility index (Phi) is 3.96. The third-order valence-corrected chi connectivity index (χ3v) is 2.88. The molecule has 1 aromatic rings. The zero-order valence-electron chi connectivity index (χ0n) is 7.80. The molecule has 14 heavy (non-hydrogen) atoms. The van der Waals surface area contributed by atoms with Crippen LogP contribution in [-0.4, -0.2) is 5.91 Å². The molecule has 1 rings (SSSR count). The second-order valence-corrected chi connectivity index (χ2v) is 4.06. The van der Waals surface area contributed by atoms with Gasteiger partial charge in [-0.3, -0.25) is 4.79 Å². The fraction of sp³-hybridized carbons (Fsp3) is 0.182. The Hall–Kier alpha value is -1.02. The Labute approximate surface area is 97.2 Å². The SMILES string of the molecule is C#CCC(=O)Nc1ccc(C)c(I)c1. The van der Waals surface area contributed by atoms with Gasteiger partial charge in [-0.05, 0) is 47.2 Å². The largest absolute Gasteiger partial charge is 0.325 e. The van der Waals surface area contributed by atoms with E-state index in [9.17, 15) is 4.79 Å². The fourth-order valence-corrected chi connectivity index (χ4v) is 1.48. The number of benzene rings is 1. The van der Waals surface area contributed by atoms with Gasteiger partial charge in [0.2, 0.25) is 5.91 Å².